The Morgan fingerprint density at radius 1 is 1.29 bits per heavy atom. The summed E-state index contributed by atoms with van der Waals surface area (Å²) in [5.41, 5.74) is 2.78. The van der Waals surface area contributed by atoms with Crippen molar-refractivity contribution in [3.8, 4) is 0 Å². The number of aromatic nitrogens is 2. The van der Waals surface area contributed by atoms with Gasteiger partial charge in [-0.25, -0.2) is 4.79 Å². The van der Waals surface area contributed by atoms with Crippen molar-refractivity contribution in [1.29, 1.82) is 0 Å². The van der Waals surface area contributed by atoms with Crippen LogP contribution >= 0.6 is 12.6 Å². The number of H-pyrrole nitrogens is 2. The lowest BCUT2D eigenvalue weighted by Crippen LogP contribution is -2.19. The normalized spacial score (nSPS) is 11.5. The number of aromatic amines is 2. The summed E-state index contributed by atoms with van der Waals surface area (Å²) in [6.07, 6.45) is 1.09. The SMILES string of the molecule is CN(CCCS)Cc1ccc2[nH]c(=O)[nH]c2c1. The van der Waals surface area contributed by atoms with E-state index in [9.17, 15) is 4.79 Å². The molecule has 0 aliphatic rings. The molecule has 92 valence electrons. The third-order valence-electron chi connectivity index (χ3n) is 2.73. The zero-order valence-corrected chi connectivity index (χ0v) is 10.8. The van der Waals surface area contributed by atoms with Gasteiger partial charge in [-0.15, -0.1) is 0 Å². The van der Waals surface area contributed by atoms with Gasteiger partial charge in [-0.05, 0) is 43.5 Å². The second kappa shape index (κ2) is 5.42. The van der Waals surface area contributed by atoms with Crippen molar-refractivity contribution in [3.63, 3.8) is 0 Å². The second-order valence-corrected chi connectivity index (χ2v) is 4.72. The van der Waals surface area contributed by atoms with Crippen LogP contribution in [-0.4, -0.2) is 34.2 Å². The number of rotatable bonds is 5. The molecule has 0 fully saturated rings. The second-order valence-electron chi connectivity index (χ2n) is 4.27. The zero-order chi connectivity index (χ0) is 12.3. The molecule has 2 aromatic rings. The molecular formula is C12H17N3OS. The van der Waals surface area contributed by atoms with E-state index in [0.717, 1.165) is 36.3 Å². The van der Waals surface area contributed by atoms with Crippen LogP contribution in [0.15, 0.2) is 23.0 Å². The molecule has 0 radical (unpaired) electrons. The van der Waals surface area contributed by atoms with Crippen molar-refractivity contribution in [2.45, 2.75) is 13.0 Å². The minimum absolute atomic E-state index is 0.152. The molecule has 0 bridgehead atoms. The Hall–Kier alpha value is -1.20. The molecule has 2 N–H and O–H groups in total. The Morgan fingerprint density at radius 2 is 2.06 bits per heavy atom. The fourth-order valence-corrected chi connectivity index (χ4v) is 2.05. The molecule has 1 heterocycles. The van der Waals surface area contributed by atoms with Crippen molar-refractivity contribution < 1.29 is 0 Å². The third-order valence-corrected chi connectivity index (χ3v) is 3.05. The molecule has 2 rings (SSSR count). The van der Waals surface area contributed by atoms with E-state index >= 15 is 0 Å². The fourth-order valence-electron chi connectivity index (χ4n) is 1.91. The first-order valence-electron chi connectivity index (χ1n) is 5.69. The van der Waals surface area contributed by atoms with Gasteiger partial charge >= 0.3 is 5.69 Å². The highest BCUT2D eigenvalue weighted by Gasteiger charge is 2.03. The summed E-state index contributed by atoms with van der Waals surface area (Å²) >= 11 is 4.20. The van der Waals surface area contributed by atoms with Crippen LogP contribution in [0.4, 0.5) is 0 Å². The molecule has 0 aliphatic heterocycles. The average molecular weight is 251 g/mol. The first-order valence-corrected chi connectivity index (χ1v) is 6.32. The van der Waals surface area contributed by atoms with Gasteiger partial charge in [0.1, 0.15) is 0 Å². The Kier molecular flexibility index (Phi) is 3.91. The first-order chi connectivity index (χ1) is 8.19. The van der Waals surface area contributed by atoms with Crippen LogP contribution in [0, 0.1) is 0 Å². The summed E-state index contributed by atoms with van der Waals surface area (Å²) in [7, 11) is 2.09. The largest absolute Gasteiger partial charge is 0.323 e. The summed E-state index contributed by atoms with van der Waals surface area (Å²) in [6, 6.07) is 6.00. The van der Waals surface area contributed by atoms with Gasteiger partial charge in [-0.2, -0.15) is 12.6 Å². The summed E-state index contributed by atoms with van der Waals surface area (Å²) in [6.45, 7) is 1.92. The Morgan fingerprint density at radius 3 is 2.82 bits per heavy atom. The van der Waals surface area contributed by atoms with Crippen LogP contribution in [0.25, 0.3) is 11.0 Å². The third kappa shape index (κ3) is 3.14. The highest BCUT2D eigenvalue weighted by Crippen LogP contribution is 2.11. The smallest absolute Gasteiger partial charge is 0.306 e. The number of hydrogen-bond acceptors (Lipinski definition) is 3. The molecule has 0 unspecified atom stereocenters. The van der Waals surface area contributed by atoms with Crippen LogP contribution < -0.4 is 5.69 Å². The van der Waals surface area contributed by atoms with Gasteiger partial charge in [-0.3, -0.25) is 0 Å². The van der Waals surface area contributed by atoms with E-state index in [2.05, 4.69) is 34.5 Å². The number of hydrogen-bond donors (Lipinski definition) is 3. The number of nitrogens with zero attached hydrogens (tertiary/aromatic N) is 1. The van der Waals surface area contributed by atoms with Crippen molar-refractivity contribution in [3.05, 3.63) is 34.2 Å². The van der Waals surface area contributed by atoms with Gasteiger partial charge in [0.25, 0.3) is 0 Å². The Labute approximate surface area is 105 Å². The summed E-state index contributed by atoms with van der Waals surface area (Å²) in [5, 5.41) is 0. The lowest BCUT2D eigenvalue weighted by atomic mass is 10.2. The minimum atomic E-state index is -0.152. The molecule has 4 nitrogen and oxygen atoms in total. The van der Waals surface area contributed by atoms with Crippen LogP contribution in [0.3, 0.4) is 0 Å². The van der Waals surface area contributed by atoms with E-state index in [1.165, 1.54) is 5.56 Å². The topological polar surface area (TPSA) is 51.9 Å². The highest BCUT2D eigenvalue weighted by molar-refractivity contribution is 7.80. The Bertz CT molecular complexity index is 546. The molecular weight excluding hydrogens is 234 g/mol. The van der Waals surface area contributed by atoms with E-state index in [-0.39, 0.29) is 5.69 Å². The van der Waals surface area contributed by atoms with Crippen molar-refractivity contribution in [1.82, 2.24) is 14.9 Å². The highest BCUT2D eigenvalue weighted by atomic mass is 32.1. The monoisotopic (exact) mass is 251 g/mol. The lowest BCUT2D eigenvalue weighted by Gasteiger charge is -2.15. The lowest BCUT2D eigenvalue weighted by molar-refractivity contribution is 0.329. The van der Waals surface area contributed by atoms with Gasteiger partial charge in [0.2, 0.25) is 0 Å². The maximum Gasteiger partial charge on any atom is 0.323 e. The van der Waals surface area contributed by atoms with Gasteiger partial charge < -0.3 is 14.9 Å². The number of imidazole rings is 1. The maximum atomic E-state index is 11.1. The van der Waals surface area contributed by atoms with Gasteiger partial charge in [0.05, 0.1) is 11.0 Å². The van der Waals surface area contributed by atoms with Crippen LogP contribution in [0.2, 0.25) is 0 Å². The maximum absolute atomic E-state index is 11.1. The molecule has 5 heteroatoms. The molecule has 0 saturated heterocycles. The quantitative estimate of drug-likeness (QED) is 0.707. The number of thiol groups is 1. The van der Waals surface area contributed by atoms with Gasteiger partial charge in [0, 0.05) is 6.54 Å². The fraction of sp³-hybridized carbons (Fsp3) is 0.417. The van der Waals surface area contributed by atoms with E-state index < -0.39 is 0 Å². The van der Waals surface area contributed by atoms with Gasteiger partial charge in [0.15, 0.2) is 0 Å². The zero-order valence-electron chi connectivity index (χ0n) is 9.86. The van der Waals surface area contributed by atoms with Crippen LogP contribution in [-0.2, 0) is 6.54 Å². The first kappa shape index (κ1) is 12.3. The van der Waals surface area contributed by atoms with E-state index in [1.54, 1.807) is 0 Å². The van der Waals surface area contributed by atoms with Crippen molar-refractivity contribution in [2.75, 3.05) is 19.3 Å². The molecule has 0 aliphatic carbocycles. The van der Waals surface area contributed by atoms with E-state index in [1.807, 2.05) is 18.2 Å². The van der Waals surface area contributed by atoms with Gasteiger partial charge in [-0.1, -0.05) is 6.07 Å². The average Bonchev–Trinajstić information content (AvgIpc) is 2.65. The molecule has 0 spiro atoms. The summed E-state index contributed by atoms with van der Waals surface area (Å²) in [5.74, 6) is 0.911. The molecule has 1 aromatic carbocycles. The van der Waals surface area contributed by atoms with Crippen LogP contribution in [0.1, 0.15) is 12.0 Å². The Balaban J connectivity index is 2.10. The minimum Gasteiger partial charge on any atom is -0.306 e. The predicted molar refractivity (Wildman–Crippen MR) is 73.7 cm³/mol. The number of benzene rings is 1. The van der Waals surface area contributed by atoms with E-state index in [0.29, 0.717) is 0 Å². The van der Waals surface area contributed by atoms with E-state index in [4.69, 9.17) is 0 Å². The molecule has 17 heavy (non-hydrogen) atoms. The summed E-state index contributed by atoms with van der Waals surface area (Å²) in [4.78, 5) is 18.9. The summed E-state index contributed by atoms with van der Waals surface area (Å²) < 4.78 is 0. The van der Waals surface area contributed by atoms with Crippen molar-refractivity contribution >= 4 is 23.7 Å². The standard InChI is InChI=1S/C12H17N3OS/c1-15(5-2-6-17)8-9-3-4-10-11(7-9)14-12(16)13-10/h3-4,7,17H,2,5-6,8H2,1H3,(H2,13,14,16). The predicted octanol–water partition coefficient (Wildman–Crippen LogP) is 1.61. The molecule has 0 atom stereocenters. The number of nitrogens with one attached hydrogen (secondary N) is 2. The van der Waals surface area contributed by atoms with Crippen molar-refractivity contribution in [2.24, 2.45) is 0 Å². The van der Waals surface area contributed by atoms with Crippen LogP contribution in [0.5, 0.6) is 0 Å². The number of fused-ring (bicyclic) bond motifs is 1. The molecule has 1 aromatic heterocycles. The molecule has 0 saturated carbocycles. The molecule has 0 amide bonds.